The number of nitrogens with zero attached hydrogens (tertiary/aromatic N) is 2. The largest absolute Gasteiger partial charge is 0.490 e. The van der Waals surface area contributed by atoms with E-state index < -0.39 is 28.1 Å². The van der Waals surface area contributed by atoms with Crippen LogP contribution in [-0.4, -0.2) is 74.4 Å². The van der Waals surface area contributed by atoms with E-state index in [2.05, 4.69) is 21.4 Å². The summed E-state index contributed by atoms with van der Waals surface area (Å²) in [4.78, 5) is 24.9. The molecule has 0 spiro atoms. The lowest BCUT2D eigenvalue weighted by molar-refractivity contribution is -0.192. The highest BCUT2D eigenvalue weighted by molar-refractivity contribution is 7.92. The van der Waals surface area contributed by atoms with Crippen LogP contribution in [0.3, 0.4) is 0 Å². The molecule has 0 aliphatic carbocycles. The lowest BCUT2D eigenvalue weighted by Gasteiger charge is -2.36. The molecule has 0 amide bonds. The van der Waals surface area contributed by atoms with Crippen molar-refractivity contribution in [3.63, 3.8) is 0 Å². The number of aromatic carboxylic acids is 1. The Balaban J connectivity index is 0.000000572. The topological polar surface area (TPSA) is 127 Å². The fraction of sp³-hybridized carbons (Fsp3) is 0.391. The average molecular weight is 532 g/mol. The molecule has 0 saturated carbocycles. The van der Waals surface area contributed by atoms with Crippen LogP contribution in [0.4, 0.5) is 24.5 Å². The van der Waals surface area contributed by atoms with Gasteiger partial charge in [0.05, 0.1) is 21.8 Å². The second kappa shape index (κ2) is 11.6. The zero-order valence-electron chi connectivity index (χ0n) is 20.0. The van der Waals surface area contributed by atoms with Gasteiger partial charge in [-0.3, -0.25) is 4.72 Å². The molecule has 3 N–H and O–H groups in total. The zero-order valence-corrected chi connectivity index (χ0v) is 20.8. The number of anilines is 2. The monoisotopic (exact) mass is 531 g/mol. The molecule has 198 valence electrons. The Kier molecular flexibility index (Phi) is 9.32. The van der Waals surface area contributed by atoms with E-state index in [0.29, 0.717) is 5.69 Å². The molecule has 3 rings (SSSR count). The molecule has 1 aliphatic rings. The fourth-order valence-corrected chi connectivity index (χ4v) is 4.57. The number of aryl methyl sites for hydroxylation is 2. The van der Waals surface area contributed by atoms with Crippen LogP contribution in [0.15, 0.2) is 41.3 Å². The molecule has 1 fully saturated rings. The number of piperazine rings is 1. The number of nitrogens with one attached hydrogen (secondary N) is 1. The van der Waals surface area contributed by atoms with E-state index >= 15 is 0 Å². The van der Waals surface area contributed by atoms with Crippen LogP contribution in [0, 0.1) is 13.8 Å². The molecular weight excluding hydrogens is 503 g/mol. The number of carboxylic acids is 2. The average Bonchev–Trinajstić information content (AvgIpc) is 2.80. The Bertz CT molecular complexity index is 1210. The van der Waals surface area contributed by atoms with E-state index in [1.165, 1.54) is 12.1 Å². The first kappa shape index (κ1) is 28.9. The third-order valence-electron chi connectivity index (χ3n) is 5.68. The summed E-state index contributed by atoms with van der Waals surface area (Å²) in [6.45, 7) is 10.1. The first-order valence-corrected chi connectivity index (χ1v) is 12.4. The maximum Gasteiger partial charge on any atom is 0.490 e. The number of hydrogen-bond acceptors (Lipinski definition) is 6. The van der Waals surface area contributed by atoms with Gasteiger partial charge in [0, 0.05) is 26.2 Å². The van der Waals surface area contributed by atoms with E-state index in [4.69, 9.17) is 9.90 Å². The van der Waals surface area contributed by atoms with E-state index in [0.717, 1.165) is 43.9 Å². The second-order valence-electron chi connectivity index (χ2n) is 8.11. The summed E-state index contributed by atoms with van der Waals surface area (Å²) in [5.74, 6) is -3.86. The molecule has 13 heteroatoms. The van der Waals surface area contributed by atoms with Gasteiger partial charge < -0.3 is 20.0 Å². The third kappa shape index (κ3) is 7.59. The molecule has 0 aromatic heterocycles. The molecule has 2 aromatic carbocycles. The predicted octanol–water partition coefficient (Wildman–Crippen LogP) is 3.58. The molecule has 0 atom stereocenters. The summed E-state index contributed by atoms with van der Waals surface area (Å²) >= 11 is 0. The minimum Gasteiger partial charge on any atom is -0.478 e. The van der Waals surface area contributed by atoms with Crippen LogP contribution in [0.25, 0.3) is 0 Å². The molecular formula is C23H28F3N3O6S. The molecule has 1 aliphatic heterocycles. The Morgan fingerprint density at radius 1 is 0.972 bits per heavy atom. The number of carboxylic acid groups (broad SMARTS) is 2. The minimum atomic E-state index is -5.08. The number of rotatable bonds is 6. The summed E-state index contributed by atoms with van der Waals surface area (Å²) in [5, 5.41) is 16.5. The molecule has 1 heterocycles. The number of likely N-dealkylation sites (N-methyl/N-ethyl adjacent to an activating group) is 1. The number of hydrogen-bond donors (Lipinski definition) is 3. The summed E-state index contributed by atoms with van der Waals surface area (Å²) < 4.78 is 60.3. The van der Waals surface area contributed by atoms with Gasteiger partial charge in [-0.1, -0.05) is 13.0 Å². The van der Waals surface area contributed by atoms with Gasteiger partial charge in [0.25, 0.3) is 10.0 Å². The Morgan fingerprint density at radius 2 is 1.56 bits per heavy atom. The predicted molar refractivity (Wildman–Crippen MR) is 128 cm³/mol. The van der Waals surface area contributed by atoms with Gasteiger partial charge in [-0.25, -0.2) is 18.0 Å². The standard InChI is InChI=1S/C21H27N3O4S.C2HF3O2/c1-4-23-9-11-24(12-10-23)20-8-6-17(21(25)26)14-19(20)22-29(27,28)18-7-5-15(2)16(3)13-18;3-2(4,5)1(6)7/h5-8,13-14,22H,4,9-12H2,1-3H3,(H,25,26);(H,6,7). The Hall–Kier alpha value is -3.32. The SMILES string of the molecule is CCN1CCN(c2ccc(C(=O)O)cc2NS(=O)(=O)c2ccc(C)c(C)c2)CC1.O=C(O)C(F)(F)F. The van der Waals surface area contributed by atoms with Crippen LogP contribution in [0.5, 0.6) is 0 Å². The summed E-state index contributed by atoms with van der Waals surface area (Å²) in [7, 11) is -3.85. The molecule has 2 aromatic rings. The van der Waals surface area contributed by atoms with Crippen LogP contribution in [0.1, 0.15) is 28.4 Å². The van der Waals surface area contributed by atoms with Crippen molar-refractivity contribution in [2.24, 2.45) is 0 Å². The van der Waals surface area contributed by atoms with Crippen molar-refractivity contribution in [1.29, 1.82) is 0 Å². The number of carbonyl (C=O) groups is 2. The van der Waals surface area contributed by atoms with Gasteiger partial charge in [-0.05, 0) is 61.9 Å². The van der Waals surface area contributed by atoms with Crippen LogP contribution < -0.4 is 9.62 Å². The molecule has 36 heavy (non-hydrogen) atoms. The molecule has 1 saturated heterocycles. The number of aliphatic carboxylic acids is 1. The number of benzene rings is 2. The van der Waals surface area contributed by atoms with Crippen molar-refractivity contribution >= 4 is 33.3 Å². The normalized spacial score (nSPS) is 14.6. The van der Waals surface area contributed by atoms with E-state index in [-0.39, 0.29) is 16.1 Å². The quantitative estimate of drug-likeness (QED) is 0.516. The highest BCUT2D eigenvalue weighted by Crippen LogP contribution is 2.31. The minimum absolute atomic E-state index is 0.0405. The third-order valence-corrected chi connectivity index (χ3v) is 7.04. The Labute approximate surface area is 207 Å². The molecule has 0 radical (unpaired) electrons. The van der Waals surface area contributed by atoms with E-state index in [9.17, 15) is 31.5 Å². The molecule has 0 bridgehead atoms. The Morgan fingerprint density at radius 3 is 2.03 bits per heavy atom. The van der Waals surface area contributed by atoms with E-state index in [1.54, 1.807) is 24.3 Å². The van der Waals surface area contributed by atoms with Crippen LogP contribution in [-0.2, 0) is 14.8 Å². The number of sulfonamides is 1. The lowest BCUT2D eigenvalue weighted by Crippen LogP contribution is -2.46. The summed E-state index contributed by atoms with van der Waals surface area (Å²) in [6.07, 6.45) is -5.08. The van der Waals surface area contributed by atoms with Gasteiger partial charge >= 0.3 is 18.1 Å². The fourth-order valence-electron chi connectivity index (χ4n) is 3.42. The van der Waals surface area contributed by atoms with Crippen molar-refractivity contribution in [2.45, 2.75) is 31.8 Å². The highest BCUT2D eigenvalue weighted by Gasteiger charge is 2.38. The van der Waals surface area contributed by atoms with Crippen molar-refractivity contribution in [3.05, 3.63) is 53.1 Å². The summed E-state index contributed by atoms with van der Waals surface area (Å²) in [6, 6.07) is 9.54. The van der Waals surface area contributed by atoms with Gasteiger partial charge in [0.15, 0.2) is 0 Å². The van der Waals surface area contributed by atoms with Gasteiger partial charge in [0.1, 0.15) is 0 Å². The maximum absolute atomic E-state index is 13.0. The summed E-state index contributed by atoms with van der Waals surface area (Å²) in [5.41, 5.74) is 2.90. The molecule has 0 unspecified atom stereocenters. The first-order valence-electron chi connectivity index (χ1n) is 10.9. The van der Waals surface area contributed by atoms with Crippen molar-refractivity contribution in [3.8, 4) is 0 Å². The highest BCUT2D eigenvalue weighted by atomic mass is 32.2. The number of halogens is 3. The van der Waals surface area contributed by atoms with Gasteiger partial charge in [-0.2, -0.15) is 13.2 Å². The molecule has 9 nitrogen and oxygen atoms in total. The number of alkyl halides is 3. The van der Waals surface area contributed by atoms with E-state index in [1.807, 2.05) is 13.8 Å². The van der Waals surface area contributed by atoms with Crippen molar-refractivity contribution in [2.75, 3.05) is 42.3 Å². The van der Waals surface area contributed by atoms with Crippen molar-refractivity contribution in [1.82, 2.24) is 4.90 Å². The lowest BCUT2D eigenvalue weighted by atomic mass is 10.1. The van der Waals surface area contributed by atoms with Gasteiger partial charge in [-0.15, -0.1) is 0 Å². The first-order chi connectivity index (χ1) is 16.7. The van der Waals surface area contributed by atoms with Crippen LogP contribution in [0.2, 0.25) is 0 Å². The second-order valence-corrected chi connectivity index (χ2v) is 9.80. The maximum atomic E-state index is 13.0. The smallest absolute Gasteiger partial charge is 0.478 e. The van der Waals surface area contributed by atoms with Crippen molar-refractivity contribution < 1.29 is 41.4 Å². The van der Waals surface area contributed by atoms with Crippen LogP contribution >= 0.6 is 0 Å². The zero-order chi connectivity index (χ0) is 27.3. The van der Waals surface area contributed by atoms with Gasteiger partial charge in [0.2, 0.25) is 0 Å².